The number of hydrogen-bond acceptors (Lipinski definition) is 3. The summed E-state index contributed by atoms with van der Waals surface area (Å²) in [5, 5.41) is 8.75. The molecule has 3 nitrogen and oxygen atoms in total. The summed E-state index contributed by atoms with van der Waals surface area (Å²) < 4.78 is 7.22. The van der Waals surface area contributed by atoms with E-state index in [1.165, 1.54) is 7.11 Å². The quantitative estimate of drug-likeness (QED) is 0.599. The maximum Gasteiger partial charge on any atom is 0.343 e. The predicted octanol–water partition coefficient (Wildman–Crippen LogP) is 0.748. The molecule has 0 saturated heterocycles. The molecule has 66 valence electrons. The molecule has 0 spiro atoms. The fraction of sp³-hybridized carbons (Fsp3) is 0.250. The third-order valence-electron chi connectivity index (χ3n) is 1.32. The molecule has 0 fully saturated rings. The standard InChI is InChI=1S/C8H9IO3/c1-12-8(11)7-3-2-6(5-10)4-9-7/h2-4,10H,5H2,1H3. The average molecular weight is 280 g/mol. The lowest BCUT2D eigenvalue weighted by Gasteiger charge is -2.03. The first kappa shape index (κ1) is 9.60. The van der Waals surface area contributed by atoms with Gasteiger partial charge in [0.2, 0.25) is 0 Å². The van der Waals surface area contributed by atoms with Crippen molar-refractivity contribution in [1.29, 1.82) is 0 Å². The van der Waals surface area contributed by atoms with Crippen molar-refractivity contribution in [3.8, 4) is 0 Å². The third kappa shape index (κ3) is 2.25. The van der Waals surface area contributed by atoms with Crippen LogP contribution in [0.5, 0.6) is 0 Å². The van der Waals surface area contributed by atoms with Crippen LogP contribution in [0.25, 0.3) is 0 Å². The van der Waals surface area contributed by atoms with Crippen LogP contribution in [-0.2, 0) is 9.53 Å². The largest absolute Gasteiger partial charge is 0.465 e. The van der Waals surface area contributed by atoms with E-state index < -0.39 is 20.7 Å². The van der Waals surface area contributed by atoms with Crippen molar-refractivity contribution in [2.75, 3.05) is 13.7 Å². The number of rotatable bonds is 2. The van der Waals surface area contributed by atoms with Gasteiger partial charge in [-0.1, -0.05) is 26.8 Å². The lowest BCUT2D eigenvalue weighted by atomic mass is 10.2. The summed E-state index contributed by atoms with van der Waals surface area (Å²) in [6, 6.07) is 0. The van der Waals surface area contributed by atoms with E-state index in [0.717, 1.165) is 9.08 Å². The van der Waals surface area contributed by atoms with E-state index in [-0.39, 0.29) is 12.6 Å². The van der Waals surface area contributed by atoms with Crippen LogP contribution >= 0.6 is 20.7 Å². The van der Waals surface area contributed by atoms with Crippen LogP contribution in [0.3, 0.4) is 0 Å². The van der Waals surface area contributed by atoms with E-state index in [4.69, 9.17) is 5.11 Å². The van der Waals surface area contributed by atoms with E-state index in [9.17, 15) is 4.79 Å². The van der Waals surface area contributed by atoms with Gasteiger partial charge in [0.15, 0.2) is 0 Å². The first-order chi connectivity index (χ1) is 5.77. The molecule has 1 aliphatic rings. The molecule has 0 saturated carbocycles. The van der Waals surface area contributed by atoms with Crippen molar-refractivity contribution >= 4 is 30.2 Å². The Bertz CT molecular complexity index is 276. The van der Waals surface area contributed by atoms with Crippen LogP contribution in [0.15, 0.2) is 21.8 Å². The molecule has 1 aliphatic heterocycles. The van der Waals surface area contributed by atoms with E-state index in [0.29, 0.717) is 0 Å². The zero-order valence-electron chi connectivity index (χ0n) is 6.58. The lowest BCUT2D eigenvalue weighted by Crippen LogP contribution is -2.11. The summed E-state index contributed by atoms with van der Waals surface area (Å²) in [6.07, 6.45) is 3.47. The van der Waals surface area contributed by atoms with Crippen molar-refractivity contribution in [1.82, 2.24) is 0 Å². The highest BCUT2D eigenvalue weighted by Crippen LogP contribution is 2.15. The zero-order valence-corrected chi connectivity index (χ0v) is 8.74. The molecular weight excluding hydrogens is 271 g/mol. The maximum atomic E-state index is 11.0. The van der Waals surface area contributed by atoms with Gasteiger partial charge in [-0.15, -0.1) is 0 Å². The summed E-state index contributed by atoms with van der Waals surface area (Å²) in [5.74, 6) is -0.257. The highest BCUT2D eigenvalue weighted by molar-refractivity contribution is 14.2. The number of esters is 1. The zero-order chi connectivity index (χ0) is 8.97. The van der Waals surface area contributed by atoms with Crippen molar-refractivity contribution in [2.45, 2.75) is 0 Å². The fourth-order valence-electron chi connectivity index (χ4n) is 0.679. The molecule has 0 amide bonds. The van der Waals surface area contributed by atoms with Gasteiger partial charge in [-0.3, -0.25) is 0 Å². The van der Waals surface area contributed by atoms with Crippen LogP contribution in [0.1, 0.15) is 0 Å². The van der Waals surface area contributed by atoms with Crippen LogP contribution in [0.4, 0.5) is 0 Å². The Kier molecular flexibility index (Phi) is 3.61. The summed E-state index contributed by atoms with van der Waals surface area (Å²) in [5.41, 5.74) is 0.885. The Morgan fingerprint density at radius 3 is 2.83 bits per heavy atom. The van der Waals surface area contributed by atoms with Crippen molar-refractivity contribution in [2.24, 2.45) is 0 Å². The molecule has 4 heteroatoms. The highest BCUT2D eigenvalue weighted by Gasteiger charge is 2.08. The summed E-state index contributed by atoms with van der Waals surface area (Å²) >= 11 is -0.411. The summed E-state index contributed by atoms with van der Waals surface area (Å²) in [7, 11) is 1.37. The molecular formula is C8H9IO3. The van der Waals surface area contributed by atoms with Gasteiger partial charge in [0, 0.05) is 0 Å². The molecule has 1 rings (SSSR count). The molecule has 1 heterocycles. The number of hydrogen-bond donors (Lipinski definition) is 1. The number of aliphatic hydroxyl groups excluding tert-OH is 1. The van der Waals surface area contributed by atoms with Crippen LogP contribution < -0.4 is 0 Å². The minimum Gasteiger partial charge on any atom is -0.465 e. The van der Waals surface area contributed by atoms with Gasteiger partial charge in [0.05, 0.1) is 17.2 Å². The molecule has 0 aromatic heterocycles. The normalized spacial score (nSPS) is 15.8. The van der Waals surface area contributed by atoms with E-state index in [1.54, 1.807) is 12.2 Å². The number of halogens is 1. The monoisotopic (exact) mass is 280 g/mol. The van der Waals surface area contributed by atoms with E-state index in [1.807, 2.05) is 4.08 Å². The fourth-order valence-corrected chi connectivity index (χ4v) is 2.68. The van der Waals surface area contributed by atoms with Crippen molar-refractivity contribution in [3.63, 3.8) is 0 Å². The third-order valence-corrected chi connectivity index (χ3v) is 3.90. The molecule has 0 aromatic rings. The van der Waals surface area contributed by atoms with Gasteiger partial charge < -0.3 is 9.84 Å². The Morgan fingerprint density at radius 2 is 2.42 bits per heavy atom. The number of methoxy groups -OCH3 is 1. The Morgan fingerprint density at radius 1 is 1.67 bits per heavy atom. The van der Waals surface area contributed by atoms with E-state index in [2.05, 4.69) is 4.74 Å². The molecule has 0 radical (unpaired) electrons. The molecule has 0 atom stereocenters. The predicted molar refractivity (Wildman–Crippen MR) is 55.4 cm³/mol. The van der Waals surface area contributed by atoms with Crippen LogP contribution in [0, 0.1) is 0 Å². The van der Waals surface area contributed by atoms with Gasteiger partial charge in [-0.2, -0.15) is 0 Å². The SMILES string of the molecule is COC(=O)C1=IC=C(CO)C=C1. The van der Waals surface area contributed by atoms with Crippen LogP contribution in [0.2, 0.25) is 0 Å². The lowest BCUT2D eigenvalue weighted by molar-refractivity contribution is -0.132. The second-order valence-corrected chi connectivity index (χ2v) is 4.53. The molecule has 1 N–H and O–H groups in total. The minimum absolute atomic E-state index is 0.0463. The second-order valence-electron chi connectivity index (χ2n) is 2.12. The Hall–Kier alpha value is -0.490. The Balaban J connectivity index is 2.75. The topological polar surface area (TPSA) is 46.5 Å². The number of carbonyl (C=O) groups excluding carboxylic acids is 1. The highest BCUT2D eigenvalue weighted by atomic mass is 127. The number of ether oxygens (including phenoxy) is 1. The minimum atomic E-state index is -0.411. The van der Waals surface area contributed by atoms with Gasteiger partial charge in [-0.05, 0) is 15.7 Å². The van der Waals surface area contributed by atoms with Crippen molar-refractivity contribution < 1.29 is 14.6 Å². The van der Waals surface area contributed by atoms with E-state index >= 15 is 0 Å². The molecule has 0 unspecified atom stereocenters. The van der Waals surface area contributed by atoms with Crippen LogP contribution in [-0.4, -0.2) is 28.3 Å². The molecule has 0 aliphatic carbocycles. The first-order valence-corrected chi connectivity index (χ1v) is 5.67. The van der Waals surface area contributed by atoms with Gasteiger partial charge in [0.1, 0.15) is 0 Å². The van der Waals surface area contributed by atoms with Crippen molar-refractivity contribution in [3.05, 3.63) is 21.8 Å². The van der Waals surface area contributed by atoms with Gasteiger partial charge in [0.25, 0.3) is 0 Å². The summed E-state index contributed by atoms with van der Waals surface area (Å²) in [4.78, 5) is 11.0. The Labute approximate surface area is 80.5 Å². The van der Waals surface area contributed by atoms with Gasteiger partial charge >= 0.3 is 5.97 Å². The number of carbonyl (C=O) groups is 1. The second kappa shape index (κ2) is 4.51. The summed E-state index contributed by atoms with van der Waals surface area (Å²) in [6.45, 7) is 0.0463. The maximum absolute atomic E-state index is 11.0. The molecule has 12 heavy (non-hydrogen) atoms. The first-order valence-electron chi connectivity index (χ1n) is 3.34. The number of aliphatic hydroxyl groups is 1. The smallest absolute Gasteiger partial charge is 0.343 e. The molecule has 0 bridgehead atoms. The average Bonchev–Trinajstić information content (AvgIpc) is 2.17. The van der Waals surface area contributed by atoms with Gasteiger partial charge in [-0.25, -0.2) is 4.79 Å². The molecule has 0 aromatic carbocycles.